The van der Waals surface area contributed by atoms with Crippen molar-refractivity contribution in [2.24, 2.45) is 0 Å². The first-order valence-electron chi connectivity index (χ1n) is 6.59. The van der Waals surface area contributed by atoms with Gasteiger partial charge in [0.15, 0.2) is 0 Å². The Labute approximate surface area is 145 Å². The number of aromatic nitrogens is 1. The van der Waals surface area contributed by atoms with Crippen molar-refractivity contribution in [1.29, 1.82) is 0 Å². The summed E-state index contributed by atoms with van der Waals surface area (Å²) in [6.45, 7) is 2.15. The molecule has 3 nitrogen and oxygen atoms in total. The average molecular weight is 433 g/mol. The van der Waals surface area contributed by atoms with E-state index in [-0.39, 0.29) is 0 Å². The number of halogens is 3. The molecule has 2 heterocycles. The van der Waals surface area contributed by atoms with Crippen molar-refractivity contribution in [3.8, 4) is 5.75 Å². The molecule has 1 aliphatic heterocycles. The van der Waals surface area contributed by atoms with Crippen LogP contribution in [0.2, 0.25) is 5.02 Å². The fraction of sp³-hybridized carbons (Fsp3) is 0.267. The van der Waals surface area contributed by atoms with Gasteiger partial charge >= 0.3 is 0 Å². The lowest BCUT2D eigenvalue weighted by molar-refractivity contribution is 0.297. The minimum Gasteiger partial charge on any atom is -0.487 e. The third-order valence-electron chi connectivity index (χ3n) is 3.44. The minimum absolute atomic E-state index is 0.412. The van der Waals surface area contributed by atoms with E-state index in [4.69, 9.17) is 16.3 Å². The van der Waals surface area contributed by atoms with Crippen molar-refractivity contribution in [1.82, 2.24) is 10.3 Å². The van der Waals surface area contributed by atoms with Gasteiger partial charge in [-0.1, -0.05) is 33.6 Å². The number of rotatable bonds is 3. The summed E-state index contributed by atoms with van der Waals surface area (Å²) < 4.78 is 7.86. The van der Waals surface area contributed by atoms with E-state index in [0.717, 1.165) is 51.0 Å². The summed E-state index contributed by atoms with van der Waals surface area (Å²) in [5.41, 5.74) is 3.17. The topological polar surface area (TPSA) is 34.1 Å². The number of fused-ring (bicyclic) bond motifs is 1. The molecule has 1 aromatic carbocycles. The van der Waals surface area contributed by atoms with Crippen LogP contribution in [0.4, 0.5) is 0 Å². The SMILES string of the molecule is Clc1cccc(Br)c1COc1c(Br)cnc2c1CNCC2. The molecule has 0 spiro atoms. The summed E-state index contributed by atoms with van der Waals surface area (Å²) >= 11 is 13.3. The molecule has 0 saturated heterocycles. The van der Waals surface area contributed by atoms with Crippen LogP contribution in [0.1, 0.15) is 16.8 Å². The van der Waals surface area contributed by atoms with Gasteiger partial charge in [-0.05, 0) is 28.1 Å². The first kappa shape index (κ1) is 15.3. The molecule has 0 bridgehead atoms. The number of ether oxygens (including phenoxy) is 1. The smallest absolute Gasteiger partial charge is 0.141 e. The highest BCUT2D eigenvalue weighted by molar-refractivity contribution is 9.10. The second-order valence-electron chi connectivity index (χ2n) is 4.78. The number of nitrogens with one attached hydrogen (secondary N) is 1. The number of benzene rings is 1. The summed E-state index contributed by atoms with van der Waals surface area (Å²) in [4.78, 5) is 4.47. The lowest BCUT2D eigenvalue weighted by atomic mass is 10.1. The predicted octanol–water partition coefficient (Wildman–Crippen LogP) is 4.48. The first-order valence-corrected chi connectivity index (χ1v) is 8.56. The van der Waals surface area contributed by atoms with Crippen LogP contribution in [-0.2, 0) is 19.6 Å². The van der Waals surface area contributed by atoms with Crippen LogP contribution in [0.3, 0.4) is 0 Å². The summed E-state index contributed by atoms with van der Waals surface area (Å²) in [6.07, 6.45) is 2.73. The fourth-order valence-corrected chi connectivity index (χ4v) is 3.61. The van der Waals surface area contributed by atoms with Crippen molar-refractivity contribution < 1.29 is 4.74 Å². The van der Waals surface area contributed by atoms with Crippen LogP contribution in [0, 0.1) is 0 Å². The Morgan fingerprint density at radius 3 is 2.95 bits per heavy atom. The van der Waals surface area contributed by atoms with E-state index in [0.29, 0.717) is 11.6 Å². The minimum atomic E-state index is 0.412. The zero-order valence-corrected chi connectivity index (χ0v) is 15.1. The highest BCUT2D eigenvalue weighted by atomic mass is 79.9. The largest absolute Gasteiger partial charge is 0.487 e. The third-order valence-corrected chi connectivity index (χ3v) is 5.10. The van der Waals surface area contributed by atoms with E-state index >= 15 is 0 Å². The van der Waals surface area contributed by atoms with E-state index in [1.807, 2.05) is 18.2 Å². The van der Waals surface area contributed by atoms with Crippen LogP contribution in [0.25, 0.3) is 0 Å². The molecule has 0 aliphatic carbocycles. The fourth-order valence-electron chi connectivity index (χ4n) is 2.33. The zero-order chi connectivity index (χ0) is 14.8. The van der Waals surface area contributed by atoms with Crippen LogP contribution >= 0.6 is 43.5 Å². The second-order valence-corrected chi connectivity index (χ2v) is 6.89. The van der Waals surface area contributed by atoms with Gasteiger partial charge in [0.25, 0.3) is 0 Å². The molecule has 0 saturated carbocycles. The standard InChI is InChI=1S/C15H13Br2ClN2O/c16-11-2-1-3-13(18)10(11)8-21-15-9-6-19-5-4-14(9)20-7-12(15)17/h1-3,7,19H,4-6,8H2. The zero-order valence-electron chi connectivity index (χ0n) is 11.1. The molecule has 1 aromatic heterocycles. The molecular formula is C15H13Br2ClN2O. The maximum absolute atomic E-state index is 6.23. The van der Waals surface area contributed by atoms with Crippen LogP contribution in [0.15, 0.2) is 33.3 Å². The van der Waals surface area contributed by atoms with Gasteiger partial charge in [0, 0.05) is 52.0 Å². The molecule has 0 fully saturated rings. The van der Waals surface area contributed by atoms with Gasteiger partial charge in [0.2, 0.25) is 0 Å². The van der Waals surface area contributed by atoms with Gasteiger partial charge in [0.05, 0.1) is 4.47 Å². The molecule has 6 heteroatoms. The molecule has 1 aliphatic rings. The van der Waals surface area contributed by atoms with Gasteiger partial charge in [-0.15, -0.1) is 0 Å². The molecule has 110 valence electrons. The Hall–Kier alpha value is -0.620. The Kier molecular flexibility index (Phi) is 4.84. The Morgan fingerprint density at radius 2 is 2.14 bits per heavy atom. The van der Waals surface area contributed by atoms with E-state index < -0.39 is 0 Å². The molecule has 0 unspecified atom stereocenters. The first-order chi connectivity index (χ1) is 10.2. The summed E-state index contributed by atoms with van der Waals surface area (Å²) in [6, 6.07) is 5.73. The van der Waals surface area contributed by atoms with Gasteiger partial charge < -0.3 is 10.1 Å². The van der Waals surface area contributed by atoms with Crippen molar-refractivity contribution in [3.63, 3.8) is 0 Å². The molecule has 1 N–H and O–H groups in total. The van der Waals surface area contributed by atoms with Crippen molar-refractivity contribution in [2.75, 3.05) is 6.54 Å². The van der Waals surface area contributed by atoms with Gasteiger partial charge in [-0.2, -0.15) is 0 Å². The molecule has 3 rings (SSSR count). The molecule has 21 heavy (non-hydrogen) atoms. The Morgan fingerprint density at radius 1 is 1.29 bits per heavy atom. The number of nitrogens with zero attached hydrogens (tertiary/aromatic N) is 1. The summed E-state index contributed by atoms with van der Waals surface area (Å²) in [5, 5.41) is 4.05. The lowest BCUT2D eigenvalue weighted by Gasteiger charge is -2.21. The van der Waals surface area contributed by atoms with E-state index in [1.165, 1.54) is 0 Å². The van der Waals surface area contributed by atoms with Crippen LogP contribution < -0.4 is 10.1 Å². The highest BCUT2D eigenvalue weighted by Gasteiger charge is 2.18. The lowest BCUT2D eigenvalue weighted by Crippen LogP contribution is -2.25. The van der Waals surface area contributed by atoms with E-state index in [2.05, 4.69) is 42.2 Å². The van der Waals surface area contributed by atoms with E-state index in [1.54, 1.807) is 6.20 Å². The highest BCUT2D eigenvalue weighted by Crippen LogP contribution is 2.34. The van der Waals surface area contributed by atoms with Gasteiger partial charge in [-0.3, -0.25) is 4.98 Å². The van der Waals surface area contributed by atoms with Crippen molar-refractivity contribution >= 4 is 43.5 Å². The summed E-state index contributed by atoms with van der Waals surface area (Å²) in [5.74, 6) is 0.846. The number of hydrogen-bond donors (Lipinski definition) is 1. The average Bonchev–Trinajstić information content (AvgIpc) is 2.48. The normalized spacial score (nSPS) is 13.9. The number of pyridine rings is 1. The van der Waals surface area contributed by atoms with Gasteiger partial charge in [0.1, 0.15) is 12.4 Å². The van der Waals surface area contributed by atoms with Crippen molar-refractivity contribution in [2.45, 2.75) is 19.6 Å². The van der Waals surface area contributed by atoms with Crippen molar-refractivity contribution in [3.05, 3.63) is 55.2 Å². The number of hydrogen-bond acceptors (Lipinski definition) is 3. The Balaban J connectivity index is 1.89. The Bertz CT molecular complexity index is 659. The van der Waals surface area contributed by atoms with Crippen LogP contribution in [0.5, 0.6) is 5.75 Å². The molecule has 0 radical (unpaired) electrons. The molecule has 0 atom stereocenters. The predicted molar refractivity (Wildman–Crippen MR) is 90.8 cm³/mol. The molecular weight excluding hydrogens is 419 g/mol. The summed E-state index contributed by atoms with van der Waals surface area (Å²) in [7, 11) is 0. The van der Waals surface area contributed by atoms with E-state index in [9.17, 15) is 0 Å². The third kappa shape index (κ3) is 3.26. The molecule has 2 aromatic rings. The maximum atomic E-state index is 6.23. The van der Waals surface area contributed by atoms with Crippen LogP contribution in [-0.4, -0.2) is 11.5 Å². The second kappa shape index (κ2) is 6.65. The quantitative estimate of drug-likeness (QED) is 0.776. The monoisotopic (exact) mass is 430 g/mol. The molecule has 0 amide bonds. The maximum Gasteiger partial charge on any atom is 0.141 e. The van der Waals surface area contributed by atoms with Gasteiger partial charge in [-0.25, -0.2) is 0 Å².